The van der Waals surface area contributed by atoms with Gasteiger partial charge in [0.05, 0.1) is 0 Å². The molecule has 1 aliphatic heterocycles. The second kappa shape index (κ2) is 9.67. The van der Waals surface area contributed by atoms with Crippen molar-refractivity contribution >= 4 is 11.6 Å². The van der Waals surface area contributed by atoms with E-state index in [0.717, 1.165) is 24.6 Å². The summed E-state index contributed by atoms with van der Waals surface area (Å²) in [4.78, 5) is 7.05. The molecule has 1 aliphatic rings. The van der Waals surface area contributed by atoms with E-state index in [1.807, 2.05) is 6.07 Å². The third-order valence-electron chi connectivity index (χ3n) is 4.73. The maximum absolute atomic E-state index is 6.00. The molecule has 1 unspecified atom stereocenters. The molecule has 0 amide bonds. The van der Waals surface area contributed by atoms with Crippen LogP contribution in [0.2, 0.25) is 0 Å². The van der Waals surface area contributed by atoms with Crippen molar-refractivity contribution in [3.05, 3.63) is 29.8 Å². The van der Waals surface area contributed by atoms with Crippen LogP contribution in [0.1, 0.15) is 57.9 Å². The zero-order valence-electron chi connectivity index (χ0n) is 15.6. The van der Waals surface area contributed by atoms with E-state index in [0.29, 0.717) is 11.9 Å². The number of piperidine rings is 1. The number of aliphatic imine (C=N–C) groups is 1. The van der Waals surface area contributed by atoms with Gasteiger partial charge in [0, 0.05) is 18.8 Å². The smallest absolute Gasteiger partial charge is 0.193 e. The van der Waals surface area contributed by atoms with Crippen LogP contribution in [-0.2, 0) is 0 Å². The van der Waals surface area contributed by atoms with Crippen LogP contribution in [0, 0.1) is 5.92 Å². The van der Waals surface area contributed by atoms with Crippen molar-refractivity contribution in [1.82, 2.24) is 4.90 Å². The van der Waals surface area contributed by atoms with E-state index in [1.54, 1.807) is 0 Å². The van der Waals surface area contributed by atoms with E-state index in [2.05, 4.69) is 54.2 Å². The number of rotatable bonds is 7. The molecule has 4 heteroatoms. The first-order valence-electron chi connectivity index (χ1n) is 9.44. The lowest BCUT2D eigenvalue weighted by molar-refractivity contribution is 0.181. The Hall–Kier alpha value is -1.55. The summed E-state index contributed by atoms with van der Waals surface area (Å²) in [6.07, 6.45) is 5.04. The molecule has 0 aliphatic carbocycles. The Morgan fingerprint density at radius 3 is 2.96 bits per heavy atom. The second-order valence-electron chi connectivity index (χ2n) is 7.43. The van der Waals surface area contributed by atoms with Gasteiger partial charge in [0.1, 0.15) is 0 Å². The van der Waals surface area contributed by atoms with Gasteiger partial charge in [0.2, 0.25) is 0 Å². The van der Waals surface area contributed by atoms with Crippen molar-refractivity contribution < 1.29 is 0 Å². The van der Waals surface area contributed by atoms with Gasteiger partial charge in [-0.2, -0.15) is 0 Å². The third kappa shape index (κ3) is 6.52. The summed E-state index contributed by atoms with van der Waals surface area (Å²) in [5.74, 6) is 1.89. The van der Waals surface area contributed by atoms with E-state index in [4.69, 9.17) is 5.73 Å². The Balaban J connectivity index is 1.67. The zero-order valence-corrected chi connectivity index (χ0v) is 15.6. The van der Waals surface area contributed by atoms with Crippen LogP contribution in [0.15, 0.2) is 29.3 Å². The van der Waals surface area contributed by atoms with Gasteiger partial charge in [-0.3, -0.25) is 4.99 Å². The minimum Gasteiger partial charge on any atom is -0.370 e. The molecule has 4 nitrogen and oxygen atoms in total. The summed E-state index contributed by atoms with van der Waals surface area (Å²) in [6.45, 7) is 11.3. The van der Waals surface area contributed by atoms with Crippen LogP contribution in [0.5, 0.6) is 0 Å². The molecule has 1 aromatic carbocycles. The number of hydrogen-bond donors (Lipinski definition) is 2. The number of unbranched alkanes of at least 4 members (excludes halogenated alkanes) is 1. The number of nitrogens with zero attached hydrogens (tertiary/aromatic N) is 2. The van der Waals surface area contributed by atoms with Crippen molar-refractivity contribution in [3.8, 4) is 0 Å². The lowest BCUT2D eigenvalue weighted by atomic mass is 10.0. The van der Waals surface area contributed by atoms with Crippen LogP contribution in [0.3, 0.4) is 0 Å². The molecule has 1 saturated heterocycles. The first-order chi connectivity index (χ1) is 11.5. The highest BCUT2D eigenvalue weighted by Crippen LogP contribution is 2.18. The maximum Gasteiger partial charge on any atom is 0.193 e. The first-order valence-corrected chi connectivity index (χ1v) is 9.44. The van der Waals surface area contributed by atoms with Gasteiger partial charge in [-0.15, -0.1) is 0 Å². The lowest BCUT2D eigenvalue weighted by Crippen LogP contribution is -2.35. The molecular formula is C20H34N4. The van der Waals surface area contributed by atoms with Crippen molar-refractivity contribution in [3.63, 3.8) is 0 Å². The van der Waals surface area contributed by atoms with Crippen LogP contribution < -0.4 is 11.1 Å². The van der Waals surface area contributed by atoms with Gasteiger partial charge >= 0.3 is 0 Å². The Morgan fingerprint density at radius 1 is 1.38 bits per heavy atom. The van der Waals surface area contributed by atoms with E-state index >= 15 is 0 Å². The van der Waals surface area contributed by atoms with E-state index < -0.39 is 0 Å². The average molecular weight is 331 g/mol. The summed E-state index contributed by atoms with van der Waals surface area (Å²) in [5, 5.41) is 3.20. The molecule has 0 radical (unpaired) electrons. The standard InChI is InChI=1S/C20H34N4/c1-16(2)18-9-6-10-19(14-18)23-20(21)22-11-4-5-12-24-13-7-8-17(3)15-24/h6,9-10,14,16-17H,4-5,7-8,11-13,15H2,1-3H3,(H3,21,22,23). The van der Waals surface area contributed by atoms with Gasteiger partial charge in [-0.25, -0.2) is 0 Å². The zero-order chi connectivity index (χ0) is 17.4. The summed E-state index contributed by atoms with van der Waals surface area (Å²) in [5.41, 5.74) is 8.33. The van der Waals surface area contributed by atoms with Gasteiger partial charge in [-0.05, 0) is 68.3 Å². The lowest BCUT2D eigenvalue weighted by Gasteiger charge is -2.30. The fourth-order valence-electron chi connectivity index (χ4n) is 3.30. The fraction of sp³-hybridized carbons (Fsp3) is 0.650. The summed E-state index contributed by atoms with van der Waals surface area (Å²) < 4.78 is 0. The Bertz CT molecular complexity index is 524. The van der Waals surface area contributed by atoms with Crippen molar-refractivity contribution in [2.75, 3.05) is 31.5 Å². The summed E-state index contributed by atoms with van der Waals surface area (Å²) in [7, 11) is 0. The highest BCUT2D eigenvalue weighted by atomic mass is 15.1. The molecule has 0 spiro atoms. The SMILES string of the molecule is CC1CCCN(CCCCN=C(N)Nc2cccc(C(C)C)c2)C1. The predicted octanol–water partition coefficient (Wildman–Crippen LogP) is 4.05. The molecule has 0 bridgehead atoms. The molecule has 2 rings (SSSR count). The number of guanidine groups is 1. The largest absolute Gasteiger partial charge is 0.370 e. The normalized spacial score (nSPS) is 19.7. The monoisotopic (exact) mass is 330 g/mol. The molecular weight excluding hydrogens is 296 g/mol. The van der Waals surface area contributed by atoms with Crippen LogP contribution in [-0.4, -0.2) is 37.0 Å². The summed E-state index contributed by atoms with van der Waals surface area (Å²) >= 11 is 0. The van der Waals surface area contributed by atoms with Crippen LogP contribution in [0.25, 0.3) is 0 Å². The number of likely N-dealkylation sites (tertiary alicyclic amines) is 1. The molecule has 24 heavy (non-hydrogen) atoms. The molecule has 134 valence electrons. The van der Waals surface area contributed by atoms with E-state index in [9.17, 15) is 0 Å². The van der Waals surface area contributed by atoms with E-state index in [1.165, 1.54) is 44.5 Å². The molecule has 1 fully saturated rings. The number of nitrogens with one attached hydrogen (secondary N) is 1. The Morgan fingerprint density at radius 2 is 2.21 bits per heavy atom. The van der Waals surface area contributed by atoms with Crippen molar-refractivity contribution in [1.29, 1.82) is 0 Å². The Labute approximate surface area is 147 Å². The number of anilines is 1. The minimum absolute atomic E-state index is 0.516. The minimum atomic E-state index is 0.516. The molecule has 1 atom stereocenters. The highest BCUT2D eigenvalue weighted by Gasteiger charge is 2.15. The second-order valence-corrected chi connectivity index (χ2v) is 7.43. The van der Waals surface area contributed by atoms with Gasteiger partial charge in [0.15, 0.2) is 5.96 Å². The molecule has 1 heterocycles. The van der Waals surface area contributed by atoms with Crippen molar-refractivity contribution in [2.24, 2.45) is 16.6 Å². The quantitative estimate of drug-likeness (QED) is 0.450. The topological polar surface area (TPSA) is 53.6 Å². The Kier molecular flexibility index (Phi) is 7.57. The third-order valence-corrected chi connectivity index (χ3v) is 4.73. The fourth-order valence-corrected chi connectivity index (χ4v) is 3.30. The molecule has 1 aromatic rings. The molecule has 0 aromatic heterocycles. The first kappa shape index (κ1) is 18.8. The summed E-state index contributed by atoms with van der Waals surface area (Å²) in [6, 6.07) is 8.38. The van der Waals surface area contributed by atoms with Gasteiger partial charge in [0.25, 0.3) is 0 Å². The number of benzene rings is 1. The predicted molar refractivity (Wildman–Crippen MR) is 105 cm³/mol. The number of hydrogen-bond acceptors (Lipinski definition) is 2. The molecule has 0 saturated carbocycles. The van der Waals surface area contributed by atoms with Gasteiger partial charge < -0.3 is 16.0 Å². The van der Waals surface area contributed by atoms with Crippen LogP contribution in [0.4, 0.5) is 5.69 Å². The number of nitrogens with two attached hydrogens (primary N) is 1. The highest BCUT2D eigenvalue weighted by molar-refractivity contribution is 5.92. The van der Waals surface area contributed by atoms with Crippen molar-refractivity contribution in [2.45, 2.75) is 52.4 Å². The maximum atomic E-state index is 6.00. The van der Waals surface area contributed by atoms with E-state index in [-0.39, 0.29) is 0 Å². The average Bonchev–Trinajstić information content (AvgIpc) is 2.55. The molecule has 3 N–H and O–H groups in total. The van der Waals surface area contributed by atoms with Gasteiger partial charge in [-0.1, -0.05) is 32.9 Å². The van der Waals surface area contributed by atoms with Crippen LogP contribution >= 0.6 is 0 Å².